The summed E-state index contributed by atoms with van der Waals surface area (Å²) in [5, 5.41) is 0. The summed E-state index contributed by atoms with van der Waals surface area (Å²) in [4.78, 5) is 0.238. The van der Waals surface area contributed by atoms with Gasteiger partial charge >= 0.3 is 0 Å². The zero-order chi connectivity index (χ0) is 16.5. The molecule has 0 aromatic heterocycles. The highest BCUT2D eigenvalue weighted by Gasteiger charge is 2.32. The SMILES string of the molecule is Cc1ccc(S(=O)(=O)NCC2CCCN2S(C)(=O)=O)c(C)c1. The number of nitrogens with zero attached hydrogens (tertiary/aromatic N) is 1. The summed E-state index contributed by atoms with van der Waals surface area (Å²) in [5.41, 5.74) is 1.68. The third-order valence-electron chi connectivity index (χ3n) is 3.88. The van der Waals surface area contributed by atoms with Gasteiger partial charge < -0.3 is 0 Å². The molecule has 1 aliphatic heterocycles. The summed E-state index contributed by atoms with van der Waals surface area (Å²) in [6.07, 6.45) is 2.58. The highest BCUT2D eigenvalue weighted by atomic mass is 32.2. The number of rotatable bonds is 5. The monoisotopic (exact) mass is 346 g/mol. The van der Waals surface area contributed by atoms with Crippen LogP contribution in [-0.2, 0) is 20.0 Å². The van der Waals surface area contributed by atoms with Gasteiger partial charge in [0.25, 0.3) is 0 Å². The Labute approximate surface area is 132 Å². The lowest BCUT2D eigenvalue weighted by Crippen LogP contribution is -2.42. The molecule has 124 valence electrons. The van der Waals surface area contributed by atoms with Crippen molar-refractivity contribution in [3.8, 4) is 0 Å². The molecule has 0 spiro atoms. The summed E-state index contributed by atoms with van der Waals surface area (Å²) in [6.45, 7) is 4.21. The first kappa shape index (κ1) is 17.4. The molecule has 0 radical (unpaired) electrons. The third-order valence-corrected chi connectivity index (χ3v) is 6.79. The zero-order valence-electron chi connectivity index (χ0n) is 13.0. The standard InChI is InChI=1S/C14H22N2O4S2/c1-11-6-7-14(12(2)9-11)22(19,20)15-10-13-5-4-8-16(13)21(3,17)18/h6-7,9,13,15H,4-5,8,10H2,1-3H3. The van der Waals surface area contributed by atoms with Gasteiger partial charge in [-0.3, -0.25) is 0 Å². The van der Waals surface area contributed by atoms with Gasteiger partial charge in [-0.2, -0.15) is 4.31 Å². The Balaban J connectivity index is 2.13. The van der Waals surface area contributed by atoms with Crippen molar-refractivity contribution in [2.75, 3.05) is 19.3 Å². The second-order valence-corrected chi connectivity index (χ2v) is 9.46. The third kappa shape index (κ3) is 3.87. The van der Waals surface area contributed by atoms with Crippen LogP contribution in [-0.4, -0.2) is 46.5 Å². The van der Waals surface area contributed by atoms with Gasteiger partial charge in [-0.15, -0.1) is 0 Å². The molecular weight excluding hydrogens is 324 g/mol. The second kappa shape index (κ2) is 6.27. The van der Waals surface area contributed by atoms with Crippen LogP contribution >= 0.6 is 0 Å². The summed E-state index contributed by atoms with van der Waals surface area (Å²) < 4.78 is 52.1. The minimum atomic E-state index is -3.64. The van der Waals surface area contributed by atoms with Crippen LogP contribution in [0.25, 0.3) is 0 Å². The van der Waals surface area contributed by atoms with E-state index in [1.54, 1.807) is 19.1 Å². The summed E-state index contributed by atoms with van der Waals surface area (Å²) in [7, 11) is -6.93. The van der Waals surface area contributed by atoms with Crippen molar-refractivity contribution in [3.05, 3.63) is 29.3 Å². The van der Waals surface area contributed by atoms with Crippen LogP contribution in [0.4, 0.5) is 0 Å². The van der Waals surface area contributed by atoms with Gasteiger partial charge in [-0.25, -0.2) is 21.6 Å². The van der Waals surface area contributed by atoms with Gasteiger partial charge in [-0.05, 0) is 38.3 Å². The Bertz CT molecular complexity index is 757. The first-order valence-electron chi connectivity index (χ1n) is 7.15. The minimum absolute atomic E-state index is 0.0999. The van der Waals surface area contributed by atoms with Crippen molar-refractivity contribution in [2.24, 2.45) is 0 Å². The van der Waals surface area contributed by atoms with E-state index in [0.29, 0.717) is 18.5 Å². The Kier molecular flexibility index (Phi) is 4.96. The molecule has 1 N–H and O–H groups in total. The first-order valence-corrected chi connectivity index (χ1v) is 10.5. The Morgan fingerprint density at radius 3 is 2.50 bits per heavy atom. The number of nitrogens with one attached hydrogen (secondary N) is 1. The predicted molar refractivity (Wildman–Crippen MR) is 85.7 cm³/mol. The lowest BCUT2D eigenvalue weighted by atomic mass is 10.2. The van der Waals surface area contributed by atoms with Crippen LogP contribution < -0.4 is 4.72 Å². The molecule has 0 aliphatic carbocycles. The minimum Gasteiger partial charge on any atom is -0.212 e. The van der Waals surface area contributed by atoms with Crippen molar-refractivity contribution >= 4 is 20.0 Å². The zero-order valence-corrected chi connectivity index (χ0v) is 14.7. The van der Waals surface area contributed by atoms with E-state index in [2.05, 4.69) is 4.72 Å². The van der Waals surface area contributed by atoms with Crippen molar-refractivity contribution in [1.29, 1.82) is 0 Å². The maximum absolute atomic E-state index is 12.4. The highest BCUT2D eigenvalue weighted by Crippen LogP contribution is 2.21. The highest BCUT2D eigenvalue weighted by molar-refractivity contribution is 7.89. The summed E-state index contributed by atoms with van der Waals surface area (Å²) >= 11 is 0. The van der Waals surface area contributed by atoms with Crippen LogP contribution in [0.15, 0.2) is 23.1 Å². The quantitative estimate of drug-likeness (QED) is 0.862. The molecule has 1 fully saturated rings. The maximum atomic E-state index is 12.4. The van der Waals surface area contributed by atoms with E-state index in [-0.39, 0.29) is 17.5 Å². The molecule has 2 rings (SSSR count). The largest absolute Gasteiger partial charge is 0.240 e. The van der Waals surface area contributed by atoms with Gasteiger partial charge in [0.05, 0.1) is 11.2 Å². The molecule has 8 heteroatoms. The average Bonchev–Trinajstić information content (AvgIpc) is 2.84. The van der Waals surface area contributed by atoms with Crippen LogP contribution in [0.2, 0.25) is 0 Å². The maximum Gasteiger partial charge on any atom is 0.240 e. The van der Waals surface area contributed by atoms with Crippen LogP contribution in [0, 0.1) is 13.8 Å². The van der Waals surface area contributed by atoms with E-state index >= 15 is 0 Å². The van der Waals surface area contributed by atoms with Gasteiger partial charge in [0, 0.05) is 19.1 Å². The van der Waals surface area contributed by atoms with Gasteiger partial charge in [0.15, 0.2) is 0 Å². The molecule has 1 aromatic rings. The van der Waals surface area contributed by atoms with E-state index in [1.807, 2.05) is 13.0 Å². The van der Waals surface area contributed by atoms with Crippen LogP contribution in [0.5, 0.6) is 0 Å². The van der Waals surface area contributed by atoms with Crippen LogP contribution in [0.1, 0.15) is 24.0 Å². The van der Waals surface area contributed by atoms with Crippen molar-refractivity contribution in [3.63, 3.8) is 0 Å². The van der Waals surface area contributed by atoms with Gasteiger partial charge in [-0.1, -0.05) is 17.7 Å². The van der Waals surface area contributed by atoms with Crippen molar-refractivity contribution in [2.45, 2.75) is 37.6 Å². The number of sulfonamides is 2. The molecule has 1 heterocycles. The van der Waals surface area contributed by atoms with E-state index in [0.717, 1.165) is 18.2 Å². The fraction of sp³-hybridized carbons (Fsp3) is 0.571. The van der Waals surface area contributed by atoms with E-state index in [1.165, 1.54) is 4.31 Å². The normalized spacial score (nSPS) is 20.4. The van der Waals surface area contributed by atoms with Crippen LogP contribution in [0.3, 0.4) is 0 Å². The van der Waals surface area contributed by atoms with E-state index in [9.17, 15) is 16.8 Å². The molecule has 1 aromatic carbocycles. The van der Waals surface area contributed by atoms with Gasteiger partial charge in [0.1, 0.15) is 0 Å². The first-order chi connectivity index (χ1) is 10.1. The molecule has 22 heavy (non-hydrogen) atoms. The smallest absolute Gasteiger partial charge is 0.212 e. The predicted octanol–water partition coefficient (Wildman–Crippen LogP) is 1.01. The molecule has 0 saturated carbocycles. The fourth-order valence-corrected chi connectivity index (χ4v) is 5.31. The Hall–Kier alpha value is -0.960. The average molecular weight is 346 g/mol. The van der Waals surface area contributed by atoms with Crippen molar-refractivity contribution < 1.29 is 16.8 Å². The Morgan fingerprint density at radius 1 is 1.23 bits per heavy atom. The molecule has 1 saturated heterocycles. The van der Waals surface area contributed by atoms with Gasteiger partial charge in [0.2, 0.25) is 20.0 Å². The molecule has 6 nitrogen and oxygen atoms in total. The molecular formula is C14H22N2O4S2. The lowest BCUT2D eigenvalue weighted by Gasteiger charge is -2.22. The topological polar surface area (TPSA) is 83.6 Å². The molecule has 1 atom stereocenters. The lowest BCUT2D eigenvalue weighted by molar-refractivity contribution is 0.388. The summed E-state index contributed by atoms with van der Waals surface area (Å²) in [6, 6.07) is 4.83. The Morgan fingerprint density at radius 2 is 1.91 bits per heavy atom. The molecule has 1 aliphatic rings. The molecule has 0 bridgehead atoms. The molecule has 1 unspecified atom stereocenters. The van der Waals surface area contributed by atoms with Crippen molar-refractivity contribution in [1.82, 2.24) is 9.03 Å². The fourth-order valence-electron chi connectivity index (χ4n) is 2.83. The second-order valence-electron chi connectivity index (χ2n) is 5.79. The van der Waals surface area contributed by atoms with E-state index in [4.69, 9.17) is 0 Å². The molecule has 0 amide bonds. The number of aryl methyl sites for hydroxylation is 2. The van der Waals surface area contributed by atoms with E-state index < -0.39 is 20.0 Å². The summed E-state index contributed by atoms with van der Waals surface area (Å²) in [5.74, 6) is 0. The number of hydrogen-bond acceptors (Lipinski definition) is 4. The number of hydrogen-bond donors (Lipinski definition) is 1. The number of benzene rings is 1.